The van der Waals surface area contributed by atoms with Gasteiger partial charge in [-0.3, -0.25) is 24.0 Å². The van der Waals surface area contributed by atoms with E-state index in [1.807, 2.05) is 18.2 Å². The van der Waals surface area contributed by atoms with Crippen molar-refractivity contribution in [1.29, 1.82) is 0 Å². The first-order valence-corrected chi connectivity index (χ1v) is 21.6. The Morgan fingerprint density at radius 1 is 1.05 bits per heavy atom. The van der Waals surface area contributed by atoms with E-state index in [0.29, 0.717) is 25.9 Å². The molecule has 3 heterocycles. The lowest BCUT2D eigenvalue weighted by molar-refractivity contribution is -0.143. The minimum Gasteiger partial charge on any atom is -0.449 e. The third kappa shape index (κ3) is 8.19. The number of nitrogens with zero attached hydrogens (tertiary/aromatic N) is 2. The largest absolute Gasteiger partial charge is 0.449 e. The zero-order valence-corrected chi connectivity index (χ0v) is 33.5. The van der Waals surface area contributed by atoms with Gasteiger partial charge < -0.3 is 25.0 Å². The number of amides is 5. The van der Waals surface area contributed by atoms with Gasteiger partial charge in [0.2, 0.25) is 21.8 Å². The van der Waals surface area contributed by atoms with Gasteiger partial charge in [-0.2, -0.15) is 0 Å². The minimum absolute atomic E-state index is 0.0846. The zero-order valence-electron chi connectivity index (χ0n) is 32.6. The van der Waals surface area contributed by atoms with Crippen molar-refractivity contribution in [2.75, 3.05) is 13.2 Å². The highest BCUT2D eigenvalue weighted by Crippen LogP contribution is 2.46. The van der Waals surface area contributed by atoms with E-state index < -0.39 is 80.2 Å². The molecule has 0 radical (unpaired) electrons. The van der Waals surface area contributed by atoms with Crippen LogP contribution in [0.2, 0.25) is 0 Å². The van der Waals surface area contributed by atoms with E-state index in [1.165, 1.54) is 11.0 Å². The Hall–Kier alpha value is -4.40. The molecule has 5 atom stereocenters. The number of fused-ring (bicyclic) bond motifs is 3. The lowest BCUT2D eigenvalue weighted by Gasteiger charge is -2.38. The van der Waals surface area contributed by atoms with E-state index in [1.54, 1.807) is 25.7 Å². The van der Waals surface area contributed by atoms with Gasteiger partial charge in [0, 0.05) is 24.3 Å². The van der Waals surface area contributed by atoms with E-state index in [0.717, 1.165) is 61.6 Å². The molecule has 56 heavy (non-hydrogen) atoms. The van der Waals surface area contributed by atoms with Crippen LogP contribution in [0.25, 0.3) is 6.08 Å². The molecule has 7 rings (SSSR count). The van der Waals surface area contributed by atoms with Crippen LogP contribution < -0.4 is 15.4 Å². The zero-order chi connectivity index (χ0) is 40.0. The van der Waals surface area contributed by atoms with Gasteiger partial charge in [0.25, 0.3) is 5.91 Å². The molecule has 6 aliphatic rings. The summed E-state index contributed by atoms with van der Waals surface area (Å²) in [5.41, 5.74) is 0.450. The second kappa shape index (κ2) is 15.2. The van der Waals surface area contributed by atoms with Crippen molar-refractivity contribution < 1.29 is 41.9 Å². The smallest absolute Gasteiger partial charge is 0.410 e. The average molecular weight is 794 g/mol. The van der Waals surface area contributed by atoms with Crippen LogP contribution in [0.5, 0.6) is 0 Å². The van der Waals surface area contributed by atoms with Gasteiger partial charge in [0.15, 0.2) is 0 Å². The molecule has 5 amide bonds. The third-order valence-electron chi connectivity index (χ3n) is 12.6. The van der Waals surface area contributed by atoms with Gasteiger partial charge in [-0.05, 0) is 67.1 Å². The number of sulfonamides is 1. The first-order chi connectivity index (χ1) is 26.5. The van der Waals surface area contributed by atoms with Crippen molar-refractivity contribution in [2.45, 2.75) is 133 Å². The monoisotopic (exact) mass is 793 g/mol. The van der Waals surface area contributed by atoms with Gasteiger partial charge in [0.05, 0.1) is 24.9 Å². The number of allylic oxidation sites excluding steroid dienone is 1. The first-order valence-electron chi connectivity index (χ1n) is 20.0. The molecule has 3 N–H and O–H groups in total. The SMILES string of the molecule is C=C[C@H]1C[C@]1(NC(=O)[C@@H]1C[C@@H]2CN1C(=O)[C@H](C(C)(C)C)NC(=O)OCC1(CC/C=C/c3cccc4c3CN(C4)C(=O)O2)CCCCC1)C(=O)NS(=O)(=O)C1CC1. The molecule has 15 heteroatoms. The predicted octanol–water partition coefficient (Wildman–Crippen LogP) is 4.68. The lowest BCUT2D eigenvalue weighted by atomic mass is 9.71. The van der Waals surface area contributed by atoms with Crippen LogP contribution in [0.3, 0.4) is 0 Å². The maximum atomic E-state index is 14.6. The van der Waals surface area contributed by atoms with E-state index in [9.17, 15) is 32.4 Å². The van der Waals surface area contributed by atoms with Crippen molar-refractivity contribution in [2.24, 2.45) is 16.7 Å². The average Bonchev–Trinajstić information content (AvgIpc) is 4.05. The molecule has 4 fully saturated rings. The van der Waals surface area contributed by atoms with Crippen LogP contribution in [-0.4, -0.2) is 90.3 Å². The van der Waals surface area contributed by atoms with E-state index >= 15 is 0 Å². The lowest BCUT2D eigenvalue weighted by Crippen LogP contribution is -2.60. The molecule has 3 aliphatic carbocycles. The van der Waals surface area contributed by atoms with Gasteiger partial charge >= 0.3 is 12.2 Å². The Kier molecular flexibility index (Phi) is 10.8. The molecule has 4 bridgehead atoms. The number of carbonyl (C=O) groups is 5. The highest BCUT2D eigenvalue weighted by molar-refractivity contribution is 7.91. The molecular weight excluding hydrogens is 739 g/mol. The molecule has 1 aromatic rings. The molecule has 1 spiro atoms. The van der Waals surface area contributed by atoms with Crippen molar-refractivity contribution in [1.82, 2.24) is 25.2 Å². The molecule has 304 valence electrons. The summed E-state index contributed by atoms with van der Waals surface area (Å²) < 4.78 is 39.5. The normalized spacial score (nSPS) is 30.1. The molecule has 14 nitrogen and oxygen atoms in total. The van der Waals surface area contributed by atoms with E-state index in [4.69, 9.17) is 9.47 Å². The predicted molar refractivity (Wildman–Crippen MR) is 207 cm³/mol. The number of ether oxygens (including phenoxy) is 2. The second-order valence-corrected chi connectivity index (χ2v) is 19.8. The van der Waals surface area contributed by atoms with Crippen LogP contribution >= 0.6 is 0 Å². The molecule has 3 aliphatic heterocycles. The van der Waals surface area contributed by atoms with Gasteiger partial charge in [-0.1, -0.05) is 76.5 Å². The molecule has 1 saturated heterocycles. The summed E-state index contributed by atoms with van der Waals surface area (Å²) in [5, 5.41) is 4.93. The molecule has 3 saturated carbocycles. The second-order valence-electron chi connectivity index (χ2n) is 17.8. The fourth-order valence-electron chi connectivity index (χ4n) is 8.91. The van der Waals surface area contributed by atoms with E-state index in [2.05, 4.69) is 34.1 Å². The Labute approximate surface area is 329 Å². The number of alkyl carbamates (subject to hydrolysis) is 1. The summed E-state index contributed by atoms with van der Waals surface area (Å²) in [5.74, 6) is -2.69. The third-order valence-corrected chi connectivity index (χ3v) is 14.4. The topological polar surface area (TPSA) is 181 Å². The summed E-state index contributed by atoms with van der Waals surface area (Å²) in [6.45, 7) is 9.91. The van der Waals surface area contributed by atoms with Gasteiger partial charge in [0.1, 0.15) is 23.7 Å². The Balaban J connectivity index is 1.18. The number of hydrogen-bond donors (Lipinski definition) is 3. The summed E-state index contributed by atoms with van der Waals surface area (Å²) in [7, 11) is -3.92. The van der Waals surface area contributed by atoms with Crippen LogP contribution in [0.4, 0.5) is 9.59 Å². The van der Waals surface area contributed by atoms with Crippen molar-refractivity contribution in [3.8, 4) is 0 Å². The van der Waals surface area contributed by atoms with Crippen molar-refractivity contribution in [3.05, 3.63) is 53.6 Å². The number of hydrogen-bond acceptors (Lipinski definition) is 9. The standard InChI is InChI=1S/C41H55N5O9S/c1-5-28-21-41(28,36(49)44-56(52,53)30-15-16-30)43-34(47)32-20-29-23-46(32)35(48)33(39(2,3)4)42-37(50)54-25-40(17-8-6-9-18-40)19-10-7-12-26-13-11-14-27-22-45(24-31(26)27)38(51)55-29/h5,7,11-14,28-30,32-33H,1,6,8-10,15-25H2,2-4H3,(H,42,50)(H,43,47)(H,44,49)/b12-7+/t28-,29+,32-,33+,41+/m0/s1. The molecule has 0 aromatic heterocycles. The summed E-state index contributed by atoms with van der Waals surface area (Å²) in [6.07, 6.45) is 11.1. The maximum absolute atomic E-state index is 14.6. The number of nitrogens with one attached hydrogen (secondary N) is 3. The minimum atomic E-state index is -3.92. The highest BCUT2D eigenvalue weighted by atomic mass is 32.2. The Morgan fingerprint density at radius 3 is 2.48 bits per heavy atom. The first kappa shape index (κ1) is 39.8. The summed E-state index contributed by atoms with van der Waals surface area (Å²) in [6, 6.07) is 3.64. The fraction of sp³-hybridized carbons (Fsp3) is 0.634. The summed E-state index contributed by atoms with van der Waals surface area (Å²) >= 11 is 0. The number of cyclic esters (lactones) is 1. The Bertz CT molecular complexity index is 1910. The van der Waals surface area contributed by atoms with Gasteiger partial charge in [-0.25, -0.2) is 18.0 Å². The molecular formula is C41H55N5O9S. The van der Waals surface area contributed by atoms with E-state index in [-0.39, 0.29) is 31.4 Å². The van der Waals surface area contributed by atoms with Crippen LogP contribution in [0, 0.1) is 16.7 Å². The highest BCUT2D eigenvalue weighted by Gasteiger charge is 2.62. The number of carbonyl (C=O) groups excluding carboxylic acids is 5. The van der Waals surface area contributed by atoms with Gasteiger partial charge in [-0.15, -0.1) is 6.58 Å². The van der Waals surface area contributed by atoms with Crippen molar-refractivity contribution in [3.63, 3.8) is 0 Å². The number of rotatable bonds is 6. The van der Waals surface area contributed by atoms with Crippen LogP contribution in [-0.2, 0) is 47.0 Å². The number of benzene rings is 1. The fourth-order valence-corrected chi connectivity index (χ4v) is 10.3. The summed E-state index contributed by atoms with van der Waals surface area (Å²) in [4.78, 5) is 72.7. The quantitative estimate of drug-likeness (QED) is 0.345. The van der Waals surface area contributed by atoms with Crippen molar-refractivity contribution >= 4 is 46.0 Å². The molecule has 1 aromatic carbocycles. The maximum Gasteiger partial charge on any atom is 0.410 e. The van der Waals surface area contributed by atoms with Crippen LogP contribution in [0.1, 0.15) is 108 Å². The molecule has 0 unspecified atom stereocenters. The Morgan fingerprint density at radius 2 is 1.80 bits per heavy atom. The van der Waals surface area contributed by atoms with Crippen LogP contribution in [0.15, 0.2) is 36.9 Å².